The molecule has 0 N–H and O–H groups in total. The van der Waals surface area contributed by atoms with Crippen molar-refractivity contribution >= 4 is 19.7 Å². The summed E-state index contributed by atoms with van der Waals surface area (Å²) in [5, 5.41) is 7.77. The van der Waals surface area contributed by atoms with Crippen LogP contribution in [0.3, 0.4) is 0 Å². The van der Waals surface area contributed by atoms with Gasteiger partial charge >= 0.3 is 0 Å². The number of halogens is 1. The van der Waals surface area contributed by atoms with Crippen molar-refractivity contribution in [3.8, 4) is 5.69 Å². The zero-order chi connectivity index (χ0) is 14.9. The molecule has 1 heterocycles. The molecule has 1 fully saturated rings. The van der Waals surface area contributed by atoms with Gasteiger partial charge in [-0.05, 0) is 25.0 Å². The van der Waals surface area contributed by atoms with Gasteiger partial charge in [-0.2, -0.15) is 0 Å². The molecule has 0 spiro atoms. The molecule has 1 aliphatic rings. The summed E-state index contributed by atoms with van der Waals surface area (Å²) < 4.78 is 25.1. The molecule has 0 atom stereocenters. The second kappa shape index (κ2) is 5.77. The lowest BCUT2D eigenvalue weighted by Gasteiger charge is -2.21. The quantitative estimate of drug-likeness (QED) is 0.813. The molecule has 1 aromatic heterocycles. The topological polar surface area (TPSA) is 64.8 Å². The Labute approximate surface area is 128 Å². The van der Waals surface area contributed by atoms with Crippen LogP contribution in [0.15, 0.2) is 35.5 Å². The van der Waals surface area contributed by atoms with E-state index in [4.69, 9.17) is 10.7 Å². The Balaban J connectivity index is 2.15. The molecule has 0 bridgehead atoms. The van der Waals surface area contributed by atoms with Crippen LogP contribution in [0.1, 0.15) is 43.8 Å². The number of nitrogens with zero attached hydrogens (tertiary/aromatic N) is 3. The molecular formula is C14H16ClN3O2S. The van der Waals surface area contributed by atoms with Crippen LogP contribution < -0.4 is 0 Å². The van der Waals surface area contributed by atoms with Gasteiger partial charge in [0.2, 0.25) is 0 Å². The number of hydrogen-bond donors (Lipinski definition) is 0. The average Bonchev–Trinajstić information content (AvgIpc) is 2.94. The fourth-order valence-corrected chi connectivity index (χ4v) is 3.74. The van der Waals surface area contributed by atoms with Crippen LogP contribution >= 0.6 is 10.7 Å². The van der Waals surface area contributed by atoms with E-state index in [0.717, 1.165) is 31.4 Å². The van der Waals surface area contributed by atoms with Crippen LogP contribution in [-0.4, -0.2) is 23.2 Å². The lowest BCUT2D eigenvalue weighted by Crippen LogP contribution is -2.13. The molecule has 1 aliphatic carbocycles. The standard InChI is InChI=1S/C14H16ClN3O2S/c15-21(19,20)14-17-16-13(11-7-3-1-4-8-11)18(14)12-9-5-2-6-10-12/h2,5-6,9-11H,1,3-4,7-8H2. The maximum Gasteiger partial charge on any atom is 0.297 e. The summed E-state index contributed by atoms with van der Waals surface area (Å²) in [6.07, 6.45) is 5.50. The second-order valence-corrected chi connectivity index (χ2v) is 7.74. The lowest BCUT2D eigenvalue weighted by molar-refractivity contribution is 0.423. The summed E-state index contributed by atoms with van der Waals surface area (Å²) >= 11 is 0. The van der Waals surface area contributed by atoms with Crippen LogP contribution in [-0.2, 0) is 9.05 Å². The van der Waals surface area contributed by atoms with Gasteiger partial charge in [0.05, 0.1) is 0 Å². The van der Waals surface area contributed by atoms with Gasteiger partial charge in [0.15, 0.2) is 0 Å². The monoisotopic (exact) mass is 325 g/mol. The summed E-state index contributed by atoms with van der Waals surface area (Å²) in [6, 6.07) is 9.25. The van der Waals surface area contributed by atoms with Crippen LogP contribution in [0, 0.1) is 0 Å². The van der Waals surface area contributed by atoms with Crippen LogP contribution in [0.4, 0.5) is 0 Å². The van der Waals surface area contributed by atoms with Crippen molar-refractivity contribution in [1.29, 1.82) is 0 Å². The highest BCUT2D eigenvalue weighted by Crippen LogP contribution is 2.34. The molecule has 7 heteroatoms. The first-order chi connectivity index (χ1) is 10.1. The smallest absolute Gasteiger partial charge is 0.269 e. The molecule has 0 unspecified atom stereocenters. The Bertz CT molecular complexity index is 722. The normalized spacial score (nSPS) is 17.0. The first-order valence-electron chi connectivity index (χ1n) is 7.03. The van der Waals surface area contributed by atoms with Crippen molar-refractivity contribution in [2.24, 2.45) is 0 Å². The summed E-state index contributed by atoms with van der Waals surface area (Å²) in [5.74, 6) is 0.929. The third-order valence-electron chi connectivity index (χ3n) is 3.86. The van der Waals surface area contributed by atoms with Gasteiger partial charge in [-0.15, -0.1) is 10.2 Å². The molecule has 5 nitrogen and oxygen atoms in total. The average molecular weight is 326 g/mol. The minimum Gasteiger partial charge on any atom is -0.269 e. The van der Waals surface area contributed by atoms with Crippen LogP contribution in [0.2, 0.25) is 0 Å². The molecule has 21 heavy (non-hydrogen) atoms. The minimum atomic E-state index is -3.94. The first kappa shape index (κ1) is 14.5. The Morgan fingerprint density at radius 3 is 2.33 bits per heavy atom. The third kappa shape index (κ3) is 2.96. The molecule has 2 aromatic rings. The van der Waals surface area contributed by atoms with Crippen LogP contribution in [0.25, 0.3) is 5.69 Å². The molecule has 0 amide bonds. The molecule has 1 aromatic carbocycles. The lowest BCUT2D eigenvalue weighted by atomic mass is 9.88. The van der Waals surface area contributed by atoms with Crippen molar-refractivity contribution in [2.75, 3.05) is 0 Å². The van der Waals surface area contributed by atoms with Gasteiger partial charge in [-0.3, -0.25) is 4.57 Å². The molecular weight excluding hydrogens is 310 g/mol. The maximum atomic E-state index is 11.8. The van der Waals surface area contributed by atoms with Crippen LogP contribution in [0.5, 0.6) is 0 Å². The van der Waals surface area contributed by atoms with E-state index in [2.05, 4.69) is 10.2 Å². The third-order valence-corrected chi connectivity index (χ3v) is 4.98. The summed E-state index contributed by atoms with van der Waals surface area (Å²) in [7, 11) is 1.58. The predicted octanol–water partition coefficient (Wildman–Crippen LogP) is 3.24. The van der Waals surface area contributed by atoms with Crippen molar-refractivity contribution in [2.45, 2.75) is 43.2 Å². The summed E-state index contributed by atoms with van der Waals surface area (Å²) in [5.41, 5.74) is 0.724. The van der Waals surface area contributed by atoms with E-state index in [9.17, 15) is 8.42 Å². The fraction of sp³-hybridized carbons (Fsp3) is 0.429. The molecule has 112 valence electrons. The molecule has 0 saturated heterocycles. The highest BCUT2D eigenvalue weighted by atomic mass is 35.7. The highest BCUT2D eigenvalue weighted by molar-refractivity contribution is 8.13. The maximum absolute atomic E-state index is 11.8. The van der Waals surface area contributed by atoms with E-state index in [1.165, 1.54) is 6.42 Å². The van der Waals surface area contributed by atoms with Gasteiger partial charge in [-0.25, -0.2) is 8.42 Å². The van der Waals surface area contributed by atoms with E-state index in [1.807, 2.05) is 30.3 Å². The minimum absolute atomic E-state index is 0.198. The van der Waals surface area contributed by atoms with E-state index < -0.39 is 9.05 Å². The predicted molar refractivity (Wildman–Crippen MR) is 80.2 cm³/mol. The Morgan fingerprint density at radius 2 is 1.71 bits per heavy atom. The van der Waals surface area contributed by atoms with E-state index in [-0.39, 0.29) is 11.1 Å². The second-order valence-electron chi connectivity index (χ2n) is 5.28. The number of aromatic nitrogens is 3. The fourth-order valence-electron chi connectivity index (χ4n) is 2.88. The van der Waals surface area contributed by atoms with Gasteiger partial charge < -0.3 is 0 Å². The van der Waals surface area contributed by atoms with Crippen molar-refractivity contribution in [3.05, 3.63) is 36.2 Å². The van der Waals surface area contributed by atoms with Gasteiger partial charge in [0.25, 0.3) is 14.2 Å². The number of para-hydroxylation sites is 1. The van der Waals surface area contributed by atoms with E-state index in [1.54, 1.807) is 4.57 Å². The highest BCUT2D eigenvalue weighted by Gasteiger charge is 2.28. The molecule has 3 rings (SSSR count). The Hall–Kier alpha value is -1.40. The van der Waals surface area contributed by atoms with Crippen molar-refractivity contribution in [1.82, 2.24) is 14.8 Å². The summed E-state index contributed by atoms with van der Waals surface area (Å²) in [4.78, 5) is 0. The van der Waals surface area contributed by atoms with Crippen molar-refractivity contribution < 1.29 is 8.42 Å². The summed E-state index contributed by atoms with van der Waals surface area (Å²) in [6.45, 7) is 0. The first-order valence-corrected chi connectivity index (χ1v) is 9.33. The largest absolute Gasteiger partial charge is 0.297 e. The van der Waals surface area contributed by atoms with E-state index >= 15 is 0 Å². The van der Waals surface area contributed by atoms with Gasteiger partial charge in [-0.1, -0.05) is 37.5 Å². The van der Waals surface area contributed by atoms with Gasteiger partial charge in [0.1, 0.15) is 5.82 Å². The molecule has 1 saturated carbocycles. The zero-order valence-corrected chi connectivity index (χ0v) is 13.0. The zero-order valence-electron chi connectivity index (χ0n) is 11.4. The molecule has 0 aliphatic heterocycles. The number of rotatable bonds is 3. The van der Waals surface area contributed by atoms with Gasteiger partial charge in [0, 0.05) is 22.3 Å². The number of benzene rings is 1. The van der Waals surface area contributed by atoms with E-state index in [0.29, 0.717) is 5.82 Å². The SMILES string of the molecule is O=S(=O)(Cl)c1nnc(C2CCCCC2)n1-c1ccccc1. The Morgan fingerprint density at radius 1 is 1.05 bits per heavy atom. The number of hydrogen-bond acceptors (Lipinski definition) is 4. The van der Waals surface area contributed by atoms with Crippen molar-refractivity contribution in [3.63, 3.8) is 0 Å². The molecule has 0 radical (unpaired) electrons. The Kier molecular flexibility index (Phi) is 3.99.